The van der Waals surface area contributed by atoms with E-state index in [2.05, 4.69) is 95.7 Å². The van der Waals surface area contributed by atoms with Gasteiger partial charge in [-0.2, -0.15) is 11.8 Å². The summed E-state index contributed by atoms with van der Waals surface area (Å²) in [6.07, 6.45) is -7.18. The minimum atomic E-state index is -1.90. The van der Waals surface area contributed by atoms with Crippen LogP contribution in [0.25, 0.3) is 0 Å². The number of carbonyl (C=O) groups excluding carboxylic acids is 20. The number of nitrogens with zero attached hydrogens (tertiary/aromatic N) is 1. The van der Waals surface area contributed by atoms with Gasteiger partial charge in [0.05, 0.1) is 50.2 Å². The highest BCUT2D eigenvalue weighted by atomic mass is 32.2. The monoisotopic (exact) mass is 1900 g/mol. The molecule has 748 valence electrons. The maximum Gasteiger partial charge on any atom is 0.328 e. The Bertz CT molecular complexity index is 4020. The Morgan fingerprint density at radius 2 is 0.705 bits per heavy atom. The van der Waals surface area contributed by atoms with Crippen LogP contribution in [0.4, 0.5) is 0 Å². The van der Waals surface area contributed by atoms with Gasteiger partial charge in [0.25, 0.3) is 0 Å². The minimum absolute atomic E-state index is 0.0543. The second-order valence-electron chi connectivity index (χ2n) is 34.2. The van der Waals surface area contributed by atoms with E-state index in [0.717, 1.165) is 46.4 Å². The molecule has 29 N–H and O–H groups in total. The number of hydrogen-bond acceptors (Lipinski definition) is 29. The number of thioether (sulfide) groups is 1. The highest BCUT2D eigenvalue weighted by molar-refractivity contribution is 7.98. The second-order valence-corrected chi connectivity index (χ2v) is 35.2. The van der Waals surface area contributed by atoms with Crippen LogP contribution >= 0.6 is 11.8 Å². The number of amides is 20. The van der Waals surface area contributed by atoms with Crippen molar-refractivity contribution in [2.45, 2.75) is 309 Å². The number of likely N-dealkylation sites (tertiary alicyclic amines) is 1. The van der Waals surface area contributed by atoms with Gasteiger partial charge in [-0.05, 0) is 136 Å². The van der Waals surface area contributed by atoms with Gasteiger partial charge in [-0.25, -0.2) is 4.79 Å². The lowest BCUT2D eigenvalue weighted by Crippen LogP contribution is -2.63. The third-order valence-corrected chi connectivity index (χ3v) is 21.2. The molecular formula is C81H139N21O29S. The highest BCUT2D eigenvalue weighted by Gasteiger charge is 2.44. The number of nitrogens with two attached hydrogens (primary N) is 2. The fourth-order valence-electron chi connectivity index (χ4n) is 12.8. The predicted molar refractivity (Wildman–Crippen MR) is 471 cm³/mol. The fourth-order valence-corrected chi connectivity index (χ4v) is 13.2. The van der Waals surface area contributed by atoms with Crippen molar-refractivity contribution in [2.24, 2.45) is 41.1 Å². The number of primary amides is 1. The summed E-state index contributed by atoms with van der Waals surface area (Å²) >= 11 is 1.29. The average molecular weight is 1900 g/mol. The molecule has 0 aromatic heterocycles. The predicted octanol–water partition coefficient (Wildman–Crippen LogP) is -10.5. The van der Waals surface area contributed by atoms with Gasteiger partial charge in [-0.3, -0.25) is 101 Å². The summed E-state index contributed by atoms with van der Waals surface area (Å²) in [6, 6.07) is -27.8. The first-order valence-electron chi connectivity index (χ1n) is 43.3. The van der Waals surface area contributed by atoms with Crippen molar-refractivity contribution in [3.05, 3.63) is 0 Å². The zero-order valence-electron chi connectivity index (χ0n) is 77.9. The lowest BCUT2D eigenvalue weighted by Gasteiger charge is -2.32. The molecule has 20 amide bonds. The van der Waals surface area contributed by atoms with E-state index in [9.17, 15) is 141 Å². The second kappa shape index (κ2) is 57.7. The molecule has 1 saturated heterocycles. The third kappa shape index (κ3) is 40.7. The van der Waals surface area contributed by atoms with Crippen molar-refractivity contribution in [3.63, 3.8) is 0 Å². The molecule has 50 nitrogen and oxygen atoms in total. The topological polar surface area (TPSA) is 789 Å². The van der Waals surface area contributed by atoms with Gasteiger partial charge >= 0.3 is 11.9 Å². The molecule has 1 aliphatic rings. The summed E-state index contributed by atoms with van der Waals surface area (Å²) in [5.41, 5.74) is 11.2. The number of rotatable bonds is 58. The molecular weight excluding hydrogens is 1760 g/mol. The van der Waals surface area contributed by atoms with Gasteiger partial charge in [0.1, 0.15) is 96.7 Å². The summed E-state index contributed by atoms with van der Waals surface area (Å²) in [6.45, 7) is 22.2. The fraction of sp³-hybridized carbons (Fsp3) is 0.728. The van der Waals surface area contributed by atoms with Crippen LogP contribution in [0.1, 0.15) is 176 Å². The Balaban J connectivity index is 3.22. The molecule has 0 radical (unpaired) electrons. The minimum Gasteiger partial charge on any atom is -0.481 e. The summed E-state index contributed by atoms with van der Waals surface area (Å²) in [5.74, 6) is -25.8. The number of aliphatic hydroxyl groups is 5. The number of hydrogen-bond donors (Lipinski definition) is 27. The standard InChI is InChI=1S/C81H139N21O29S/c1-33(2)29-49(92-64(113)38(11)82)71(120)96-57(35(5)6)76(125)91-48(26-28-132-19)70(119)99-61(43(16)105)78(127)90-46(22-24-52(83)108)69(118)100-62(44(17)106)80(129)102-27-20-21-51(102)73(122)88-40(13)66(115)93-50(32-103)72(121)97-58(36(7)8)75(124)89-47(23-25-55(111)112)68(117)87-39(12)65(114)86-41(14)67(116)95-56(34(3)4)74(123)85-30-53(109)84-31-54(110)94-60(42(15)104)79(128)98-59(37(9)10)77(126)101-63(45(18)107)81(130)131/h33-51,56-63,103-107H,20-32,82H2,1-19H3,(H2,83,108)(H,84,109)(H,85,123)(H,86,114)(H,87,117)(H,88,122)(H,89,124)(H,90,127)(H,91,125)(H,92,113)(H,93,115)(H,94,110)(H,95,116)(H,96,120)(H,97,121)(H,98,128)(H,99,119)(H,100,118)(H,101,126)(H,111,112)(H,130,131)/t38-,39-,40-,41-,42+,43+,44+,45+,46-,47-,48-,49-,50-,51-,56-,57-,58-,59-,60-,61-,62-,63-/m0/s1. The summed E-state index contributed by atoms with van der Waals surface area (Å²) in [7, 11) is 0. The van der Waals surface area contributed by atoms with Crippen molar-refractivity contribution in [2.75, 3.05) is 38.2 Å². The molecule has 22 atom stereocenters. The molecule has 51 heteroatoms. The van der Waals surface area contributed by atoms with Crippen molar-refractivity contribution in [3.8, 4) is 0 Å². The van der Waals surface area contributed by atoms with Crippen LogP contribution in [0.15, 0.2) is 0 Å². The van der Waals surface area contributed by atoms with Crippen LogP contribution in [0, 0.1) is 29.6 Å². The van der Waals surface area contributed by atoms with E-state index in [1.165, 1.54) is 67.2 Å². The Morgan fingerprint density at radius 1 is 0.364 bits per heavy atom. The Labute approximate surface area is 769 Å². The number of aliphatic hydroxyl groups excluding tert-OH is 5. The van der Waals surface area contributed by atoms with Crippen molar-refractivity contribution in [1.29, 1.82) is 0 Å². The quantitative estimate of drug-likeness (QED) is 0.0269. The largest absolute Gasteiger partial charge is 0.481 e. The zero-order chi connectivity index (χ0) is 101. The number of aliphatic carboxylic acids is 2. The van der Waals surface area contributed by atoms with E-state index < -0.39 is 332 Å². The SMILES string of the molecule is CSCC[C@H](NC(=O)[C@@H](NC(=O)[C@H](CC(C)C)NC(=O)[C@H](C)N)C(C)C)C(=O)N[C@H](C(=O)N[C@@H](CCC(N)=O)C(=O)N[C@H](C(=O)N1CCC[C@H]1C(=O)N[C@@H](C)C(=O)N[C@@H](CO)C(=O)N[C@H](C(=O)N[C@@H](CCC(=O)O)C(=O)N[C@@H](C)C(=O)N[C@@H](C)C(=O)N[C@H](C(=O)NCC(=O)NCC(=O)N[C@H](C(=O)N[C@H](C(=O)N[C@H](C(=O)O)[C@@H](C)O)C(C)C)[C@@H](C)O)C(C)C)C(C)C)[C@@H](C)O)[C@@H](C)O. The molecule has 1 heterocycles. The van der Waals surface area contributed by atoms with Crippen LogP contribution < -0.4 is 107 Å². The van der Waals surface area contributed by atoms with Gasteiger partial charge in [0, 0.05) is 19.4 Å². The Hall–Kier alpha value is -11.5. The molecule has 1 aliphatic heterocycles. The summed E-state index contributed by atoms with van der Waals surface area (Å²) in [5, 5.41) is 114. The van der Waals surface area contributed by atoms with E-state index in [1.54, 1.807) is 20.1 Å². The Morgan fingerprint density at radius 3 is 1.14 bits per heavy atom. The summed E-state index contributed by atoms with van der Waals surface area (Å²) in [4.78, 5) is 295. The molecule has 1 rings (SSSR count). The normalized spacial score (nSPS) is 17.3. The van der Waals surface area contributed by atoms with E-state index >= 15 is 0 Å². The maximum absolute atomic E-state index is 14.4. The van der Waals surface area contributed by atoms with Crippen molar-refractivity contribution >= 4 is 142 Å². The van der Waals surface area contributed by atoms with Crippen LogP contribution in [0.5, 0.6) is 0 Å². The maximum atomic E-state index is 14.4. The average Bonchev–Trinajstić information content (AvgIpc) is 1.69. The number of carboxylic acid groups (broad SMARTS) is 2. The van der Waals surface area contributed by atoms with Crippen LogP contribution in [-0.4, -0.2) is 342 Å². The summed E-state index contributed by atoms with van der Waals surface area (Å²) < 4.78 is 0. The molecule has 132 heavy (non-hydrogen) atoms. The van der Waals surface area contributed by atoms with Gasteiger partial charge in [0.15, 0.2) is 6.04 Å². The van der Waals surface area contributed by atoms with Crippen molar-refractivity contribution in [1.82, 2.24) is 101 Å². The lowest BCUT2D eigenvalue weighted by atomic mass is 9.99. The van der Waals surface area contributed by atoms with Gasteiger partial charge in [-0.1, -0.05) is 69.2 Å². The van der Waals surface area contributed by atoms with Gasteiger partial charge in [0.2, 0.25) is 118 Å². The van der Waals surface area contributed by atoms with Gasteiger partial charge < -0.3 is 148 Å². The number of carbonyl (C=O) groups is 22. The van der Waals surface area contributed by atoms with Crippen LogP contribution in [-0.2, 0) is 105 Å². The first kappa shape index (κ1) is 118. The highest BCUT2D eigenvalue weighted by Crippen LogP contribution is 2.21. The van der Waals surface area contributed by atoms with E-state index in [-0.39, 0.29) is 43.9 Å². The molecule has 0 aliphatic carbocycles. The van der Waals surface area contributed by atoms with Crippen molar-refractivity contribution < 1.29 is 141 Å². The smallest absolute Gasteiger partial charge is 0.328 e. The van der Waals surface area contributed by atoms with Crippen LogP contribution in [0.3, 0.4) is 0 Å². The lowest BCUT2D eigenvalue weighted by molar-refractivity contribution is -0.145. The number of nitrogens with one attached hydrogen (secondary N) is 18. The molecule has 0 aromatic rings. The zero-order valence-corrected chi connectivity index (χ0v) is 78.7. The van der Waals surface area contributed by atoms with Gasteiger partial charge in [-0.15, -0.1) is 0 Å². The molecule has 0 spiro atoms. The molecule has 0 unspecified atom stereocenters. The molecule has 1 fully saturated rings. The molecule has 0 bridgehead atoms. The van der Waals surface area contributed by atoms with E-state index in [0.29, 0.717) is 0 Å². The Kier molecular flexibility index (Phi) is 51.8. The molecule has 0 saturated carbocycles. The van der Waals surface area contributed by atoms with E-state index in [1.807, 2.05) is 13.8 Å². The number of carboxylic acids is 2. The first-order valence-corrected chi connectivity index (χ1v) is 44.7. The van der Waals surface area contributed by atoms with E-state index in [4.69, 9.17) is 11.5 Å². The third-order valence-electron chi connectivity index (χ3n) is 20.6. The van der Waals surface area contributed by atoms with Crippen LogP contribution in [0.2, 0.25) is 0 Å². The molecule has 0 aromatic carbocycles. The first-order chi connectivity index (χ1) is 61.2.